The van der Waals surface area contributed by atoms with Crippen molar-refractivity contribution in [2.75, 3.05) is 0 Å². The minimum absolute atomic E-state index is 0.643. The lowest BCUT2D eigenvalue weighted by Gasteiger charge is -2.19. The van der Waals surface area contributed by atoms with Gasteiger partial charge in [-0.05, 0) is 0 Å². The fourth-order valence-corrected chi connectivity index (χ4v) is 2.20. The first-order valence-corrected chi connectivity index (χ1v) is 5.37. The highest BCUT2D eigenvalue weighted by Crippen LogP contribution is 2.60. The summed E-state index contributed by atoms with van der Waals surface area (Å²) in [5.74, 6) is -3.16. The molecule has 1 aliphatic carbocycles. The van der Waals surface area contributed by atoms with E-state index in [4.69, 9.17) is 4.74 Å². The van der Waals surface area contributed by atoms with Crippen molar-refractivity contribution in [3.05, 3.63) is 11.5 Å². The Bertz CT molecular complexity index is 464. The van der Waals surface area contributed by atoms with Crippen LogP contribution in [0.1, 0.15) is 20.8 Å². The van der Waals surface area contributed by atoms with E-state index in [9.17, 15) is 24.9 Å². The molecule has 2 rings (SSSR count). The molecule has 1 saturated carbocycles. The van der Waals surface area contributed by atoms with Crippen LogP contribution in [-0.2, 0) is 19.1 Å². The molecule has 18 heavy (non-hydrogen) atoms. The first-order valence-electron chi connectivity index (χ1n) is 5.37. The lowest BCUT2D eigenvalue weighted by Crippen LogP contribution is -2.36. The second-order valence-corrected chi connectivity index (χ2v) is 5.04. The first-order chi connectivity index (χ1) is 8.14. The smallest absolute Gasteiger partial charge is 0.378 e. The highest BCUT2D eigenvalue weighted by molar-refractivity contribution is 5.92. The minimum Gasteiger partial charge on any atom is -0.505 e. The summed E-state index contributed by atoms with van der Waals surface area (Å²) in [6, 6.07) is 0. The van der Waals surface area contributed by atoms with E-state index in [1.807, 2.05) is 0 Å². The zero-order valence-corrected chi connectivity index (χ0v) is 10.1. The van der Waals surface area contributed by atoms with Crippen molar-refractivity contribution >= 4 is 11.9 Å². The summed E-state index contributed by atoms with van der Waals surface area (Å²) in [6.07, 6.45) is -2.58. The van der Waals surface area contributed by atoms with Crippen molar-refractivity contribution < 1.29 is 34.4 Å². The lowest BCUT2D eigenvalue weighted by atomic mass is 10.0. The molecular formula is C11H14O7. The van der Waals surface area contributed by atoms with Crippen LogP contribution in [-0.4, -0.2) is 45.1 Å². The molecule has 7 heteroatoms. The molecule has 0 aromatic heterocycles. The Morgan fingerprint density at radius 3 is 2.33 bits per heavy atom. The van der Waals surface area contributed by atoms with Crippen LogP contribution < -0.4 is 0 Å². The molecule has 1 unspecified atom stereocenters. The van der Waals surface area contributed by atoms with Crippen LogP contribution in [0.15, 0.2) is 11.5 Å². The highest BCUT2D eigenvalue weighted by atomic mass is 16.6. The Morgan fingerprint density at radius 1 is 1.44 bits per heavy atom. The predicted octanol–water partition coefficient (Wildman–Crippen LogP) is -0.624. The monoisotopic (exact) mass is 258 g/mol. The van der Waals surface area contributed by atoms with E-state index >= 15 is 0 Å². The Kier molecular flexibility index (Phi) is 2.47. The van der Waals surface area contributed by atoms with Gasteiger partial charge in [0, 0.05) is 12.3 Å². The molecule has 1 fully saturated rings. The van der Waals surface area contributed by atoms with Gasteiger partial charge in [0.1, 0.15) is 5.60 Å². The number of hydrogen-bond donors (Lipinski definition) is 3. The molecule has 3 N–H and O–H groups in total. The van der Waals surface area contributed by atoms with Crippen LogP contribution in [0.2, 0.25) is 0 Å². The number of aliphatic hydroxyl groups excluding tert-OH is 2. The second kappa shape index (κ2) is 3.46. The third kappa shape index (κ3) is 1.37. The number of carbonyl (C=O) groups excluding carboxylic acids is 2. The molecule has 1 heterocycles. The fraction of sp³-hybridized carbons (Fsp3) is 0.636. The van der Waals surface area contributed by atoms with Crippen molar-refractivity contribution in [3.63, 3.8) is 0 Å². The Labute approximate surface area is 103 Å². The van der Waals surface area contributed by atoms with E-state index in [1.54, 1.807) is 13.8 Å². The van der Waals surface area contributed by atoms with Crippen molar-refractivity contribution in [1.29, 1.82) is 0 Å². The number of rotatable bonds is 2. The molecule has 100 valence electrons. The van der Waals surface area contributed by atoms with E-state index < -0.39 is 46.7 Å². The van der Waals surface area contributed by atoms with Gasteiger partial charge in [-0.1, -0.05) is 13.8 Å². The van der Waals surface area contributed by atoms with Gasteiger partial charge in [-0.25, -0.2) is 4.79 Å². The Balaban J connectivity index is 2.32. The van der Waals surface area contributed by atoms with E-state index in [0.717, 1.165) is 6.92 Å². The van der Waals surface area contributed by atoms with E-state index in [-0.39, 0.29) is 0 Å². The van der Waals surface area contributed by atoms with Gasteiger partial charge in [-0.15, -0.1) is 0 Å². The Hall–Kier alpha value is -1.60. The maximum Gasteiger partial charge on any atom is 0.378 e. The van der Waals surface area contributed by atoms with Gasteiger partial charge in [0.05, 0.1) is 6.10 Å². The average molecular weight is 258 g/mol. The summed E-state index contributed by atoms with van der Waals surface area (Å²) in [7, 11) is 0. The maximum absolute atomic E-state index is 11.4. The number of carbonyl (C=O) groups is 2. The highest BCUT2D eigenvalue weighted by Gasteiger charge is 2.77. The van der Waals surface area contributed by atoms with Gasteiger partial charge in [-0.2, -0.15) is 0 Å². The molecule has 3 atom stereocenters. The van der Waals surface area contributed by atoms with E-state index in [2.05, 4.69) is 4.74 Å². The van der Waals surface area contributed by atoms with Crippen LogP contribution in [0.3, 0.4) is 0 Å². The molecule has 0 saturated heterocycles. The number of aliphatic hydroxyl groups is 3. The lowest BCUT2D eigenvalue weighted by molar-refractivity contribution is -0.154. The quantitative estimate of drug-likeness (QED) is 0.565. The summed E-state index contributed by atoms with van der Waals surface area (Å²) in [4.78, 5) is 22.2. The zero-order valence-electron chi connectivity index (χ0n) is 10.1. The largest absolute Gasteiger partial charge is 0.505 e. The normalized spacial score (nSPS) is 37.5. The number of ether oxygens (including phenoxy) is 2. The average Bonchev–Trinajstić information content (AvgIpc) is 2.54. The molecule has 0 aromatic rings. The number of hydrogen-bond acceptors (Lipinski definition) is 7. The van der Waals surface area contributed by atoms with Crippen LogP contribution in [0, 0.1) is 5.41 Å². The molecule has 2 aliphatic rings. The third-order valence-corrected chi connectivity index (χ3v) is 3.59. The summed E-state index contributed by atoms with van der Waals surface area (Å²) in [5.41, 5.74) is -2.72. The van der Waals surface area contributed by atoms with Crippen LogP contribution in [0.25, 0.3) is 0 Å². The summed E-state index contributed by atoms with van der Waals surface area (Å²) in [6.45, 7) is 4.18. The standard InChI is InChI=1S/C11H14O7/c1-4(12)17-6-5(13)7(18-8(6)14)11(16)9(15)10(11,2)3/h7,9,13,15-16H,1-3H3/t7-,9?,11+/m0/s1. The van der Waals surface area contributed by atoms with Crippen molar-refractivity contribution in [1.82, 2.24) is 0 Å². The van der Waals surface area contributed by atoms with E-state index in [1.165, 1.54) is 0 Å². The van der Waals surface area contributed by atoms with Gasteiger partial charge in [0.15, 0.2) is 11.9 Å². The SMILES string of the molecule is CC(=O)OC1=C(O)[C@@H]([C@@]2(O)C(O)C2(C)C)OC1=O. The second-order valence-electron chi connectivity index (χ2n) is 5.04. The topological polar surface area (TPSA) is 113 Å². The van der Waals surface area contributed by atoms with Crippen molar-refractivity contribution in [2.45, 2.75) is 38.6 Å². The van der Waals surface area contributed by atoms with Crippen LogP contribution >= 0.6 is 0 Å². The molecule has 0 radical (unpaired) electrons. The molecule has 0 amide bonds. The first kappa shape index (κ1) is 12.8. The van der Waals surface area contributed by atoms with Crippen LogP contribution in [0.4, 0.5) is 0 Å². The van der Waals surface area contributed by atoms with Gasteiger partial charge < -0.3 is 24.8 Å². The van der Waals surface area contributed by atoms with Crippen molar-refractivity contribution in [3.8, 4) is 0 Å². The molecule has 0 bridgehead atoms. The molecule has 7 nitrogen and oxygen atoms in total. The molecule has 1 aliphatic heterocycles. The summed E-state index contributed by atoms with van der Waals surface area (Å²) in [5, 5.41) is 29.6. The van der Waals surface area contributed by atoms with Gasteiger partial charge >= 0.3 is 11.9 Å². The third-order valence-electron chi connectivity index (χ3n) is 3.59. The minimum atomic E-state index is -1.78. The number of cyclic esters (lactones) is 1. The maximum atomic E-state index is 11.4. The van der Waals surface area contributed by atoms with Crippen LogP contribution in [0.5, 0.6) is 0 Å². The Morgan fingerprint density at radius 2 is 1.94 bits per heavy atom. The fourth-order valence-electron chi connectivity index (χ4n) is 2.20. The number of esters is 2. The summed E-state index contributed by atoms with van der Waals surface area (Å²) < 4.78 is 9.29. The molecule has 0 aromatic carbocycles. The van der Waals surface area contributed by atoms with Gasteiger partial charge in [-0.3, -0.25) is 4.79 Å². The van der Waals surface area contributed by atoms with Gasteiger partial charge in [0.25, 0.3) is 5.76 Å². The zero-order chi connectivity index (χ0) is 13.9. The van der Waals surface area contributed by atoms with Crippen molar-refractivity contribution in [2.24, 2.45) is 5.41 Å². The molecular weight excluding hydrogens is 244 g/mol. The summed E-state index contributed by atoms with van der Waals surface area (Å²) >= 11 is 0. The van der Waals surface area contributed by atoms with Gasteiger partial charge in [0.2, 0.25) is 0 Å². The predicted molar refractivity (Wildman–Crippen MR) is 56.0 cm³/mol. The molecule has 0 spiro atoms. The van der Waals surface area contributed by atoms with E-state index in [0.29, 0.717) is 0 Å².